The quantitative estimate of drug-likeness (QED) is 0.674. The van der Waals surface area contributed by atoms with Crippen molar-refractivity contribution in [3.63, 3.8) is 0 Å². The van der Waals surface area contributed by atoms with E-state index in [1.807, 2.05) is 0 Å². The SMILES string of the molecule is CC1(C)OB(CC2COCOC2)OC1(C)C. The lowest BCUT2D eigenvalue weighted by molar-refractivity contribution is -0.122. The maximum Gasteiger partial charge on any atom is 0.458 e. The Hall–Kier alpha value is -0.0951. The van der Waals surface area contributed by atoms with Crippen LogP contribution in [-0.2, 0) is 18.8 Å². The van der Waals surface area contributed by atoms with Crippen molar-refractivity contribution in [1.29, 1.82) is 0 Å². The fourth-order valence-corrected chi connectivity index (χ4v) is 2.01. The third-order valence-corrected chi connectivity index (χ3v) is 3.70. The highest BCUT2D eigenvalue weighted by Gasteiger charge is 2.51. The van der Waals surface area contributed by atoms with Crippen LogP contribution in [0.2, 0.25) is 6.32 Å². The molecule has 0 amide bonds. The third-order valence-electron chi connectivity index (χ3n) is 3.70. The van der Waals surface area contributed by atoms with Gasteiger partial charge in [-0.15, -0.1) is 0 Å². The average Bonchev–Trinajstić information content (AvgIpc) is 2.36. The molecule has 2 aliphatic heterocycles. The van der Waals surface area contributed by atoms with E-state index in [0.29, 0.717) is 12.7 Å². The molecule has 0 aliphatic carbocycles. The van der Waals surface area contributed by atoms with E-state index in [4.69, 9.17) is 18.8 Å². The van der Waals surface area contributed by atoms with Crippen LogP contribution in [0.1, 0.15) is 27.7 Å². The summed E-state index contributed by atoms with van der Waals surface area (Å²) >= 11 is 0. The third kappa shape index (κ3) is 2.42. The molecular formula is C11H21BO4. The van der Waals surface area contributed by atoms with E-state index in [9.17, 15) is 0 Å². The van der Waals surface area contributed by atoms with Gasteiger partial charge in [0, 0.05) is 5.92 Å². The zero-order chi connectivity index (χ0) is 11.8. The van der Waals surface area contributed by atoms with Crippen molar-refractivity contribution < 1.29 is 18.8 Å². The summed E-state index contributed by atoms with van der Waals surface area (Å²) in [6, 6.07) is 0. The van der Waals surface area contributed by atoms with Gasteiger partial charge in [-0.3, -0.25) is 0 Å². The summed E-state index contributed by atoms with van der Waals surface area (Å²) < 4.78 is 22.4. The van der Waals surface area contributed by atoms with Gasteiger partial charge in [-0.2, -0.15) is 0 Å². The molecule has 2 fully saturated rings. The van der Waals surface area contributed by atoms with Crippen LogP contribution >= 0.6 is 0 Å². The molecule has 4 nitrogen and oxygen atoms in total. The Morgan fingerprint density at radius 2 is 1.50 bits per heavy atom. The van der Waals surface area contributed by atoms with Crippen molar-refractivity contribution >= 4 is 7.12 Å². The van der Waals surface area contributed by atoms with Gasteiger partial charge in [0.25, 0.3) is 0 Å². The van der Waals surface area contributed by atoms with Crippen LogP contribution in [0.15, 0.2) is 0 Å². The van der Waals surface area contributed by atoms with Crippen LogP contribution in [0, 0.1) is 5.92 Å². The van der Waals surface area contributed by atoms with Gasteiger partial charge in [-0.25, -0.2) is 0 Å². The first-order valence-electron chi connectivity index (χ1n) is 5.92. The standard InChI is InChI=1S/C11H21BO4/c1-10(2)11(3,4)16-12(15-10)5-9-6-13-8-14-7-9/h9H,5-8H2,1-4H3. The minimum absolute atomic E-state index is 0.139. The fraction of sp³-hybridized carbons (Fsp3) is 1.00. The second kappa shape index (κ2) is 4.29. The molecular weight excluding hydrogens is 207 g/mol. The van der Waals surface area contributed by atoms with Gasteiger partial charge < -0.3 is 18.8 Å². The van der Waals surface area contributed by atoms with Crippen LogP contribution in [0.4, 0.5) is 0 Å². The van der Waals surface area contributed by atoms with Crippen molar-refractivity contribution in [2.75, 3.05) is 20.0 Å². The Morgan fingerprint density at radius 1 is 1.00 bits per heavy atom. The summed E-state index contributed by atoms with van der Waals surface area (Å²) in [4.78, 5) is 0. The minimum atomic E-state index is -0.242. The molecule has 2 aliphatic rings. The number of hydrogen-bond acceptors (Lipinski definition) is 4. The monoisotopic (exact) mass is 228 g/mol. The van der Waals surface area contributed by atoms with Crippen molar-refractivity contribution in [2.24, 2.45) is 5.92 Å². The van der Waals surface area contributed by atoms with Gasteiger partial charge >= 0.3 is 7.12 Å². The average molecular weight is 228 g/mol. The molecule has 0 aromatic rings. The predicted molar refractivity (Wildman–Crippen MR) is 61.2 cm³/mol. The molecule has 0 spiro atoms. The lowest BCUT2D eigenvalue weighted by atomic mass is 9.78. The molecule has 92 valence electrons. The maximum absolute atomic E-state index is 5.93. The zero-order valence-corrected chi connectivity index (χ0v) is 10.6. The largest absolute Gasteiger partial charge is 0.458 e. The second-order valence-electron chi connectivity index (χ2n) is 5.65. The number of rotatable bonds is 2. The highest BCUT2D eigenvalue weighted by atomic mass is 16.7. The van der Waals surface area contributed by atoms with Crippen molar-refractivity contribution in [1.82, 2.24) is 0 Å². The van der Waals surface area contributed by atoms with Gasteiger partial charge in [0.15, 0.2) is 0 Å². The maximum atomic E-state index is 5.93. The highest BCUT2D eigenvalue weighted by molar-refractivity contribution is 6.45. The van der Waals surface area contributed by atoms with Crippen molar-refractivity contribution in [3.05, 3.63) is 0 Å². The molecule has 16 heavy (non-hydrogen) atoms. The summed E-state index contributed by atoms with van der Waals surface area (Å²) in [5.41, 5.74) is -0.484. The molecule has 0 saturated carbocycles. The Balaban J connectivity index is 1.88. The van der Waals surface area contributed by atoms with E-state index in [2.05, 4.69) is 27.7 Å². The topological polar surface area (TPSA) is 36.9 Å². The molecule has 0 aromatic heterocycles. The molecule has 0 radical (unpaired) electrons. The summed E-state index contributed by atoms with van der Waals surface area (Å²) in [5.74, 6) is 0.378. The van der Waals surface area contributed by atoms with Crippen LogP contribution in [-0.4, -0.2) is 38.3 Å². The molecule has 2 saturated heterocycles. The van der Waals surface area contributed by atoms with E-state index in [-0.39, 0.29) is 18.3 Å². The summed E-state index contributed by atoms with van der Waals surface area (Å²) in [6.45, 7) is 10.2. The first kappa shape index (κ1) is 12.4. The van der Waals surface area contributed by atoms with Crippen LogP contribution in [0.5, 0.6) is 0 Å². The highest BCUT2D eigenvalue weighted by Crippen LogP contribution is 2.38. The van der Waals surface area contributed by atoms with Crippen LogP contribution in [0.25, 0.3) is 0 Å². The van der Waals surface area contributed by atoms with Crippen LogP contribution in [0.3, 0.4) is 0 Å². The fourth-order valence-electron chi connectivity index (χ4n) is 2.01. The first-order chi connectivity index (χ1) is 7.41. The van der Waals surface area contributed by atoms with E-state index in [1.54, 1.807) is 0 Å². The molecule has 0 unspecified atom stereocenters. The molecule has 5 heteroatoms. The second-order valence-corrected chi connectivity index (χ2v) is 5.65. The molecule has 2 heterocycles. The van der Waals surface area contributed by atoms with Gasteiger partial charge in [0.1, 0.15) is 6.79 Å². The Bertz CT molecular complexity index is 232. The Kier molecular flexibility index (Phi) is 3.32. The number of hydrogen-bond donors (Lipinski definition) is 0. The minimum Gasteiger partial charge on any atom is -0.403 e. The molecule has 0 aromatic carbocycles. The van der Waals surface area contributed by atoms with E-state index >= 15 is 0 Å². The molecule has 0 atom stereocenters. The molecule has 0 bridgehead atoms. The Morgan fingerprint density at radius 3 is 2.00 bits per heavy atom. The van der Waals surface area contributed by atoms with Crippen molar-refractivity contribution in [3.8, 4) is 0 Å². The molecule has 2 rings (SSSR count). The van der Waals surface area contributed by atoms with Gasteiger partial charge in [-0.1, -0.05) is 0 Å². The van der Waals surface area contributed by atoms with Crippen molar-refractivity contribution in [2.45, 2.75) is 45.2 Å². The number of ether oxygens (including phenoxy) is 2. The van der Waals surface area contributed by atoms with Gasteiger partial charge in [0.2, 0.25) is 0 Å². The normalized spacial score (nSPS) is 29.6. The van der Waals surface area contributed by atoms with Crippen LogP contribution < -0.4 is 0 Å². The summed E-state index contributed by atoms with van der Waals surface area (Å²) in [5, 5.41) is 0. The smallest absolute Gasteiger partial charge is 0.403 e. The van der Waals surface area contributed by atoms with Gasteiger partial charge in [0.05, 0.1) is 24.4 Å². The lowest BCUT2D eigenvalue weighted by Gasteiger charge is -2.32. The molecule has 0 N–H and O–H groups in total. The summed E-state index contributed by atoms with van der Waals surface area (Å²) in [7, 11) is -0.139. The summed E-state index contributed by atoms with van der Waals surface area (Å²) in [6.07, 6.45) is 0.840. The van der Waals surface area contributed by atoms with E-state index < -0.39 is 0 Å². The zero-order valence-electron chi connectivity index (χ0n) is 10.6. The Labute approximate surface area is 97.7 Å². The van der Waals surface area contributed by atoms with Gasteiger partial charge in [-0.05, 0) is 34.0 Å². The van der Waals surface area contributed by atoms with E-state index in [0.717, 1.165) is 19.5 Å². The predicted octanol–water partition coefficient (Wildman–Crippen LogP) is 1.70. The van der Waals surface area contributed by atoms with E-state index in [1.165, 1.54) is 0 Å². The lowest BCUT2D eigenvalue weighted by Crippen LogP contribution is -2.41. The first-order valence-corrected chi connectivity index (χ1v) is 5.92.